The smallest absolute Gasteiger partial charge is 0.264 e. The molecule has 5 rings (SSSR count). The zero-order valence-corrected chi connectivity index (χ0v) is 25.3. The van der Waals surface area contributed by atoms with Crippen LogP contribution in [0.25, 0.3) is 0 Å². The van der Waals surface area contributed by atoms with Gasteiger partial charge in [-0.15, -0.1) is 5.10 Å². The lowest BCUT2D eigenvalue weighted by molar-refractivity contribution is -0.139. The zero-order valence-electron chi connectivity index (χ0n) is 23.7. The van der Waals surface area contributed by atoms with Crippen molar-refractivity contribution in [2.24, 2.45) is 11.8 Å². The number of amides is 2. The Balaban J connectivity index is 1.30. The van der Waals surface area contributed by atoms with E-state index in [0.717, 1.165) is 35.1 Å². The summed E-state index contributed by atoms with van der Waals surface area (Å²) < 4.78 is 2.49. The number of aliphatic hydroxyl groups excluding tert-OH is 1. The maximum Gasteiger partial charge on any atom is 0.264 e. The summed E-state index contributed by atoms with van der Waals surface area (Å²) in [5.41, 5.74) is 1.74. The molecule has 0 radical (unpaired) electrons. The maximum absolute atomic E-state index is 13.9. The van der Waals surface area contributed by atoms with E-state index < -0.39 is 11.5 Å². The molecule has 0 saturated carbocycles. The number of anilines is 2. The van der Waals surface area contributed by atoms with Gasteiger partial charge >= 0.3 is 0 Å². The molecular formula is C31H37BrN6O4. The van der Waals surface area contributed by atoms with Gasteiger partial charge in [-0.25, -0.2) is 0 Å². The summed E-state index contributed by atoms with van der Waals surface area (Å²) >= 11 is 3.51. The van der Waals surface area contributed by atoms with E-state index in [4.69, 9.17) is 5.11 Å². The molecule has 1 unspecified atom stereocenters. The molecule has 3 atom stereocenters. The molecule has 1 saturated heterocycles. The minimum absolute atomic E-state index is 0.00352. The minimum atomic E-state index is -1.74. The molecular weight excluding hydrogens is 600 g/mol. The summed E-state index contributed by atoms with van der Waals surface area (Å²) in [4.78, 5) is 28.3. The van der Waals surface area contributed by atoms with E-state index in [0.29, 0.717) is 42.9 Å². The maximum atomic E-state index is 13.9. The largest absolute Gasteiger partial charge is 0.396 e. The number of rotatable bonds is 11. The SMILES string of the molecule is C[C@@H](/C=C/CCn1cc(CCO)nn1)[C@]1(O)C(=O)N(Cc2cccc(NC(=O)C3CCCNC3)c2)c2ccc(Br)cc21. The van der Waals surface area contributed by atoms with Gasteiger partial charge in [0, 0.05) is 54.0 Å². The number of hydrogen-bond acceptors (Lipinski definition) is 7. The van der Waals surface area contributed by atoms with E-state index >= 15 is 0 Å². The summed E-state index contributed by atoms with van der Waals surface area (Å²) in [6, 6.07) is 13.0. The number of carbonyl (C=O) groups excluding carboxylic acids is 2. The Bertz CT molecular complexity index is 1450. The van der Waals surface area contributed by atoms with Gasteiger partial charge in [0.1, 0.15) is 0 Å². The number of nitrogens with zero attached hydrogens (tertiary/aromatic N) is 4. The Labute approximate surface area is 253 Å². The molecule has 4 N–H and O–H groups in total. The van der Waals surface area contributed by atoms with Crippen LogP contribution in [-0.2, 0) is 34.7 Å². The number of hydrogen-bond donors (Lipinski definition) is 4. The molecule has 2 aliphatic heterocycles. The van der Waals surface area contributed by atoms with Crippen LogP contribution in [0.1, 0.15) is 43.0 Å². The molecule has 2 amide bonds. The van der Waals surface area contributed by atoms with Crippen LogP contribution in [0.15, 0.2) is 65.3 Å². The van der Waals surface area contributed by atoms with Crippen LogP contribution in [0.2, 0.25) is 0 Å². The molecule has 0 aliphatic carbocycles. The van der Waals surface area contributed by atoms with Gasteiger partial charge in [-0.3, -0.25) is 14.3 Å². The molecule has 42 heavy (non-hydrogen) atoms. The average molecular weight is 638 g/mol. The Hall–Kier alpha value is -3.38. The van der Waals surface area contributed by atoms with Gasteiger partial charge in [0.25, 0.3) is 5.91 Å². The van der Waals surface area contributed by atoms with E-state index in [1.807, 2.05) is 61.5 Å². The van der Waals surface area contributed by atoms with Crippen LogP contribution in [0, 0.1) is 11.8 Å². The highest BCUT2D eigenvalue weighted by Gasteiger charge is 2.52. The van der Waals surface area contributed by atoms with Crippen LogP contribution in [0.4, 0.5) is 11.4 Å². The number of allylic oxidation sites excluding steroid dienone is 1. The topological polar surface area (TPSA) is 133 Å². The normalized spacial score (nSPS) is 21.1. The fourth-order valence-electron chi connectivity index (χ4n) is 5.65. The number of aryl methyl sites for hydroxylation is 1. The van der Waals surface area contributed by atoms with E-state index in [1.165, 1.54) is 0 Å². The van der Waals surface area contributed by atoms with Crippen molar-refractivity contribution >= 4 is 39.1 Å². The van der Waals surface area contributed by atoms with Crippen molar-refractivity contribution in [2.75, 3.05) is 29.9 Å². The van der Waals surface area contributed by atoms with Gasteiger partial charge in [0.15, 0.2) is 5.60 Å². The number of carbonyl (C=O) groups is 2. The Morgan fingerprint density at radius 2 is 2.17 bits per heavy atom. The lowest BCUT2D eigenvalue weighted by atomic mass is 9.83. The van der Waals surface area contributed by atoms with Crippen LogP contribution < -0.4 is 15.5 Å². The minimum Gasteiger partial charge on any atom is -0.396 e. The van der Waals surface area contributed by atoms with Crippen molar-refractivity contribution in [2.45, 2.75) is 51.3 Å². The highest BCUT2D eigenvalue weighted by Crippen LogP contribution is 2.46. The summed E-state index contributed by atoms with van der Waals surface area (Å²) in [6.07, 6.45) is 8.57. The second-order valence-corrected chi connectivity index (χ2v) is 11.9. The fraction of sp³-hybridized carbons (Fsp3) is 0.419. The third-order valence-corrected chi connectivity index (χ3v) is 8.49. The summed E-state index contributed by atoms with van der Waals surface area (Å²) in [7, 11) is 0. The highest BCUT2D eigenvalue weighted by molar-refractivity contribution is 9.10. The summed E-state index contributed by atoms with van der Waals surface area (Å²) in [5.74, 6) is -0.951. The van der Waals surface area contributed by atoms with Crippen molar-refractivity contribution < 1.29 is 19.8 Å². The number of nitrogens with one attached hydrogen (secondary N) is 2. The van der Waals surface area contributed by atoms with Crippen molar-refractivity contribution in [3.63, 3.8) is 0 Å². The number of aliphatic hydroxyl groups is 2. The molecule has 1 aromatic heterocycles. The second kappa shape index (κ2) is 13.3. The van der Waals surface area contributed by atoms with E-state index in [2.05, 4.69) is 36.9 Å². The quantitative estimate of drug-likeness (QED) is 0.237. The van der Waals surface area contributed by atoms with Gasteiger partial charge in [0.2, 0.25) is 5.91 Å². The summed E-state index contributed by atoms with van der Waals surface area (Å²) in [6.45, 7) is 4.33. The Kier molecular flexibility index (Phi) is 9.52. The first kappa shape index (κ1) is 30.1. The van der Waals surface area contributed by atoms with E-state index in [9.17, 15) is 14.7 Å². The van der Waals surface area contributed by atoms with E-state index in [-0.39, 0.29) is 30.9 Å². The highest BCUT2D eigenvalue weighted by atomic mass is 79.9. The number of aromatic nitrogens is 3. The molecule has 3 aromatic rings. The first-order chi connectivity index (χ1) is 20.3. The predicted octanol–water partition coefficient (Wildman–Crippen LogP) is 3.53. The number of halogens is 1. The fourth-order valence-corrected chi connectivity index (χ4v) is 6.01. The second-order valence-electron chi connectivity index (χ2n) is 11.0. The summed E-state index contributed by atoms with van der Waals surface area (Å²) in [5, 5.41) is 35.4. The van der Waals surface area contributed by atoms with Crippen LogP contribution in [-0.4, -0.2) is 56.7 Å². The average Bonchev–Trinajstić information content (AvgIpc) is 3.52. The molecule has 2 aliphatic rings. The van der Waals surface area contributed by atoms with Gasteiger partial charge < -0.3 is 25.7 Å². The van der Waals surface area contributed by atoms with Crippen molar-refractivity contribution in [1.82, 2.24) is 20.3 Å². The van der Waals surface area contributed by atoms with Crippen LogP contribution in [0.5, 0.6) is 0 Å². The van der Waals surface area contributed by atoms with Crippen molar-refractivity contribution in [1.29, 1.82) is 0 Å². The lowest BCUT2D eigenvalue weighted by Crippen LogP contribution is -2.44. The lowest BCUT2D eigenvalue weighted by Gasteiger charge is -2.28. The predicted molar refractivity (Wildman–Crippen MR) is 164 cm³/mol. The van der Waals surface area contributed by atoms with Gasteiger partial charge in [-0.2, -0.15) is 0 Å². The zero-order chi connectivity index (χ0) is 29.7. The standard InChI is InChI=1S/C31H37BrN6O4/c1-21(6-2-3-14-37-20-26(12-15-39)35-36-37)31(42)27-17-24(32)10-11-28(27)38(30(31)41)19-22-7-4-9-25(16-22)34-29(40)23-8-5-13-33-18-23/h2,4,6-7,9-11,16-17,20-21,23,33,39,42H,3,5,8,12-15,18-19H2,1H3,(H,34,40)/b6-2+/t21-,23?,31+/m0/s1. The molecule has 1 fully saturated rings. The van der Waals surface area contributed by atoms with Crippen molar-refractivity contribution in [3.8, 4) is 0 Å². The van der Waals surface area contributed by atoms with E-state index in [1.54, 1.807) is 15.8 Å². The van der Waals surface area contributed by atoms with Gasteiger partial charge in [0.05, 0.1) is 23.8 Å². The number of fused-ring (bicyclic) bond motifs is 1. The van der Waals surface area contributed by atoms with Gasteiger partial charge in [-0.05, 0) is 61.7 Å². The first-order valence-electron chi connectivity index (χ1n) is 14.4. The molecule has 11 heteroatoms. The molecule has 222 valence electrons. The first-order valence-corrected chi connectivity index (χ1v) is 15.2. The molecule has 0 spiro atoms. The van der Waals surface area contributed by atoms with Crippen molar-refractivity contribution in [3.05, 3.63) is 82.1 Å². The number of benzene rings is 2. The monoisotopic (exact) mass is 636 g/mol. The third kappa shape index (κ3) is 6.49. The van der Waals surface area contributed by atoms with Crippen LogP contribution >= 0.6 is 15.9 Å². The third-order valence-electron chi connectivity index (χ3n) is 8.00. The van der Waals surface area contributed by atoms with Crippen LogP contribution in [0.3, 0.4) is 0 Å². The molecule has 2 aromatic carbocycles. The molecule has 10 nitrogen and oxygen atoms in total. The molecule has 0 bridgehead atoms. The Morgan fingerprint density at radius 3 is 2.95 bits per heavy atom. The number of piperidine rings is 1. The molecule has 3 heterocycles. The Morgan fingerprint density at radius 1 is 1.31 bits per heavy atom. The van der Waals surface area contributed by atoms with Gasteiger partial charge in [-0.1, -0.05) is 52.4 Å².